The predicted molar refractivity (Wildman–Crippen MR) is 69.1 cm³/mol. The Labute approximate surface area is 109 Å². The standard InChI is InChI=1S/C8H14N6O4S/c1-19(17,18)13-4-2-3-10-8-6(14(15)16)7(9)11-5-12-8/h5,13H,2-4H2,1H3,(H3,9,10,11,12). The third-order valence-electron chi connectivity index (χ3n) is 2.04. The van der Waals surface area contributed by atoms with Crippen molar-refractivity contribution in [3.8, 4) is 0 Å². The van der Waals surface area contributed by atoms with Gasteiger partial charge in [0, 0.05) is 13.1 Å². The maximum atomic E-state index is 10.8. The van der Waals surface area contributed by atoms with Gasteiger partial charge in [0.05, 0.1) is 11.2 Å². The fraction of sp³-hybridized carbons (Fsp3) is 0.500. The van der Waals surface area contributed by atoms with E-state index in [1.165, 1.54) is 0 Å². The summed E-state index contributed by atoms with van der Waals surface area (Å²) in [6, 6.07) is 0. The van der Waals surface area contributed by atoms with Crippen LogP contribution in [0.1, 0.15) is 6.42 Å². The number of hydrogen-bond acceptors (Lipinski definition) is 8. The average Bonchev–Trinajstić information content (AvgIpc) is 2.26. The maximum absolute atomic E-state index is 10.8. The quantitative estimate of drug-likeness (QED) is 0.339. The molecule has 0 aromatic carbocycles. The molecule has 1 aromatic rings. The lowest BCUT2D eigenvalue weighted by Gasteiger charge is -2.06. The Morgan fingerprint density at radius 3 is 2.68 bits per heavy atom. The van der Waals surface area contributed by atoms with Crippen molar-refractivity contribution >= 4 is 27.3 Å². The molecule has 106 valence electrons. The Bertz CT molecular complexity index is 560. The van der Waals surface area contributed by atoms with Crippen molar-refractivity contribution < 1.29 is 13.3 Å². The zero-order valence-corrected chi connectivity index (χ0v) is 11.0. The summed E-state index contributed by atoms with van der Waals surface area (Å²) in [6.45, 7) is 0.528. The van der Waals surface area contributed by atoms with Gasteiger partial charge in [0.1, 0.15) is 6.33 Å². The zero-order valence-electron chi connectivity index (χ0n) is 10.2. The second-order valence-electron chi connectivity index (χ2n) is 3.66. The van der Waals surface area contributed by atoms with Gasteiger partial charge >= 0.3 is 5.69 Å². The molecule has 0 radical (unpaired) electrons. The summed E-state index contributed by atoms with van der Waals surface area (Å²) in [4.78, 5) is 17.4. The van der Waals surface area contributed by atoms with Gasteiger partial charge in [-0.2, -0.15) is 0 Å². The number of rotatable bonds is 7. The number of nitrogens with zero attached hydrogens (tertiary/aromatic N) is 3. The summed E-state index contributed by atoms with van der Waals surface area (Å²) in [6.07, 6.45) is 2.60. The summed E-state index contributed by atoms with van der Waals surface area (Å²) < 4.78 is 23.9. The number of sulfonamides is 1. The molecule has 0 unspecified atom stereocenters. The molecule has 0 aliphatic rings. The van der Waals surface area contributed by atoms with E-state index in [4.69, 9.17) is 5.73 Å². The SMILES string of the molecule is CS(=O)(=O)NCCCNc1ncnc(N)c1[N+](=O)[O-]. The van der Waals surface area contributed by atoms with Gasteiger partial charge in [-0.05, 0) is 6.42 Å². The van der Waals surface area contributed by atoms with Crippen LogP contribution in [0.25, 0.3) is 0 Å². The largest absolute Gasteiger partial charge is 0.378 e. The van der Waals surface area contributed by atoms with Crippen LogP contribution in [-0.2, 0) is 10.0 Å². The van der Waals surface area contributed by atoms with E-state index in [1.807, 2.05) is 0 Å². The van der Waals surface area contributed by atoms with Crippen molar-refractivity contribution in [2.45, 2.75) is 6.42 Å². The molecule has 0 bridgehead atoms. The lowest BCUT2D eigenvalue weighted by molar-refractivity contribution is -0.383. The Hall–Kier alpha value is -2.01. The van der Waals surface area contributed by atoms with Crippen LogP contribution in [0, 0.1) is 10.1 Å². The molecule has 0 saturated heterocycles. The highest BCUT2D eigenvalue weighted by Gasteiger charge is 2.20. The molecule has 19 heavy (non-hydrogen) atoms. The van der Waals surface area contributed by atoms with Gasteiger partial charge in [-0.25, -0.2) is 23.1 Å². The third kappa shape index (κ3) is 5.01. The third-order valence-corrected chi connectivity index (χ3v) is 2.77. The molecule has 4 N–H and O–H groups in total. The van der Waals surface area contributed by atoms with Crippen LogP contribution < -0.4 is 15.8 Å². The van der Waals surface area contributed by atoms with Crippen molar-refractivity contribution in [3.05, 3.63) is 16.4 Å². The summed E-state index contributed by atoms with van der Waals surface area (Å²) in [5.74, 6) is -0.214. The molecule has 1 aromatic heterocycles. The molecule has 1 heterocycles. The van der Waals surface area contributed by atoms with Crippen molar-refractivity contribution in [1.29, 1.82) is 0 Å². The zero-order chi connectivity index (χ0) is 14.5. The van der Waals surface area contributed by atoms with Crippen LogP contribution in [0.15, 0.2) is 6.33 Å². The first-order valence-electron chi connectivity index (χ1n) is 5.24. The molecule has 1 rings (SSSR count). The molecular weight excluding hydrogens is 276 g/mol. The minimum atomic E-state index is -3.23. The Balaban J connectivity index is 2.55. The summed E-state index contributed by atoms with van der Waals surface area (Å²) in [5.41, 5.74) is 5.00. The van der Waals surface area contributed by atoms with Crippen molar-refractivity contribution in [3.63, 3.8) is 0 Å². The lowest BCUT2D eigenvalue weighted by atomic mass is 10.4. The van der Waals surface area contributed by atoms with Crippen molar-refractivity contribution in [2.75, 3.05) is 30.4 Å². The van der Waals surface area contributed by atoms with Crippen molar-refractivity contribution in [1.82, 2.24) is 14.7 Å². The highest BCUT2D eigenvalue weighted by Crippen LogP contribution is 2.25. The van der Waals surface area contributed by atoms with Crippen LogP contribution in [0.3, 0.4) is 0 Å². The van der Waals surface area contributed by atoms with E-state index in [-0.39, 0.29) is 18.2 Å². The molecule has 0 aliphatic heterocycles. The molecule has 0 saturated carbocycles. The van der Waals surface area contributed by atoms with Crippen molar-refractivity contribution in [2.24, 2.45) is 0 Å². The van der Waals surface area contributed by atoms with E-state index in [0.717, 1.165) is 12.6 Å². The first-order valence-corrected chi connectivity index (χ1v) is 7.14. The number of hydrogen-bond donors (Lipinski definition) is 3. The van der Waals surface area contributed by atoms with Crippen LogP contribution >= 0.6 is 0 Å². The highest BCUT2D eigenvalue weighted by molar-refractivity contribution is 7.88. The van der Waals surface area contributed by atoms with E-state index >= 15 is 0 Å². The topological polar surface area (TPSA) is 153 Å². The van der Waals surface area contributed by atoms with Crippen LogP contribution in [-0.4, -0.2) is 42.7 Å². The fourth-order valence-electron chi connectivity index (χ4n) is 1.25. The monoisotopic (exact) mass is 290 g/mol. The highest BCUT2D eigenvalue weighted by atomic mass is 32.2. The Morgan fingerprint density at radius 2 is 2.11 bits per heavy atom. The molecule has 0 amide bonds. The van der Waals surface area contributed by atoms with E-state index < -0.39 is 20.6 Å². The number of nitrogens with one attached hydrogen (secondary N) is 2. The van der Waals surface area contributed by atoms with Crippen LogP contribution in [0.4, 0.5) is 17.3 Å². The average molecular weight is 290 g/mol. The van der Waals surface area contributed by atoms with E-state index in [1.54, 1.807) is 0 Å². The van der Waals surface area contributed by atoms with Gasteiger partial charge < -0.3 is 11.1 Å². The summed E-state index contributed by atoms with van der Waals surface area (Å²) in [7, 11) is -3.23. The number of nitrogen functional groups attached to an aromatic ring is 1. The first kappa shape index (κ1) is 15.0. The number of anilines is 2. The van der Waals surface area contributed by atoms with Gasteiger partial charge in [-0.1, -0.05) is 0 Å². The molecule has 10 nitrogen and oxygen atoms in total. The number of nitrogens with two attached hydrogens (primary N) is 1. The molecule has 0 fully saturated rings. The normalized spacial score (nSPS) is 11.2. The lowest BCUT2D eigenvalue weighted by Crippen LogP contribution is -2.24. The molecular formula is C8H14N6O4S. The van der Waals surface area contributed by atoms with Crippen LogP contribution in [0.5, 0.6) is 0 Å². The second-order valence-corrected chi connectivity index (χ2v) is 5.49. The smallest absolute Gasteiger partial charge is 0.352 e. The van der Waals surface area contributed by atoms with Gasteiger partial charge in [0.25, 0.3) is 0 Å². The van der Waals surface area contributed by atoms with E-state index in [9.17, 15) is 18.5 Å². The van der Waals surface area contributed by atoms with Gasteiger partial charge in [0.2, 0.25) is 21.7 Å². The van der Waals surface area contributed by atoms with Gasteiger partial charge in [-0.3, -0.25) is 10.1 Å². The minimum Gasteiger partial charge on any atom is -0.378 e. The number of nitro groups is 1. The first-order chi connectivity index (χ1) is 8.81. The maximum Gasteiger partial charge on any atom is 0.352 e. The Kier molecular flexibility index (Phi) is 4.94. The molecule has 0 aliphatic carbocycles. The second kappa shape index (κ2) is 6.24. The molecule has 11 heteroatoms. The predicted octanol–water partition coefficient (Wildman–Crippen LogP) is -0.682. The minimum absolute atomic E-state index is 0.0110. The molecule has 0 atom stereocenters. The van der Waals surface area contributed by atoms with Gasteiger partial charge in [0.15, 0.2) is 0 Å². The van der Waals surface area contributed by atoms with E-state index in [2.05, 4.69) is 20.0 Å². The number of aromatic nitrogens is 2. The van der Waals surface area contributed by atoms with E-state index in [0.29, 0.717) is 13.0 Å². The Morgan fingerprint density at radius 1 is 1.42 bits per heavy atom. The summed E-state index contributed by atoms with van der Waals surface area (Å²) in [5, 5.41) is 13.5. The van der Waals surface area contributed by atoms with Crippen LogP contribution in [0.2, 0.25) is 0 Å². The summed E-state index contributed by atoms with van der Waals surface area (Å²) >= 11 is 0. The fourth-order valence-corrected chi connectivity index (χ4v) is 1.77. The molecule has 0 spiro atoms. The van der Waals surface area contributed by atoms with Gasteiger partial charge in [-0.15, -0.1) is 0 Å².